The maximum atomic E-state index is 13.3. The SMILES string of the molecule is NC(=O)C1CCN(C(=O)CCC(=O)N2CCC(c3noc4cc(F)ccc34)CC2)CC1. The lowest BCUT2D eigenvalue weighted by Crippen LogP contribution is -2.42. The molecule has 31 heavy (non-hydrogen) atoms. The second kappa shape index (κ2) is 9.03. The van der Waals surface area contributed by atoms with Gasteiger partial charge in [0, 0.05) is 62.3 Å². The van der Waals surface area contributed by atoms with Crippen molar-refractivity contribution >= 4 is 28.7 Å². The first kappa shape index (κ1) is 21.3. The minimum Gasteiger partial charge on any atom is -0.369 e. The molecular formula is C22H27FN4O4. The zero-order valence-electron chi connectivity index (χ0n) is 17.4. The van der Waals surface area contributed by atoms with Crippen LogP contribution in [0.5, 0.6) is 0 Å². The zero-order valence-corrected chi connectivity index (χ0v) is 17.4. The number of carbonyl (C=O) groups excluding carboxylic acids is 3. The van der Waals surface area contributed by atoms with Crippen LogP contribution in [0, 0.1) is 11.7 Å². The number of likely N-dealkylation sites (tertiary alicyclic amines) is 2. The van der Waals surface area contributed by atoms with E-state index in [0.717, 1.165) is 23.9 Å². The van der Waals surface area contributed by atoms with Crippen LogP contribution in [0.4, 0.5) is 4.39 Å². The molecule has 2 N–H and O–H groups in total. The van der Waals surface area contributed by atoms with E-state index >= 15 is 0 Å². The van der Waals surface area contributed by atoms with Gasteiger partial charge in [-0.3, -0.25) is 14.4 Å². The number of rotatable bonds is 5. The molecule has 0 atom stereocenters. The third kappa shape index (κ3) is 4.70. The van der Waals surface area contributed by atoms with Gasteiger partial charge < -0.3 is 20.1 Å². The van der Waals surface area contributed by atoms with Gasteiger partial charge in [-0.25, -0.2) is 4.39 Å². The second-order valence-electron chi connectivity index (χ2n) is 8.42. The predicted octanol–water partition coefficient (Wildman–Crippen LogP) is 2.18. The highest BCUT2D eigenvalue weighted by Crippen LogP contribution is 2.33. The summed E-state index contributed by atoms with van der Waals surface area (Å²) in [5, 5.41) is 4.95. The smallest absolute Gasteiger partial charge is 0.223 e. The lowest BCUT2D eigenvalue weighted by molar-refractivity contribution is -0.139. The number of benzene rings is 1. The molecule has 2 fully saturated rings. The van der Waals surface area contributed by atoms with Gasteiger partial charge in [-0.1, -0.05) is 5.16 Å². The summed E-state index contributed by atoms with van der Waals surface area (Å²) in [6, 6.07) is 4.42. The Labute approximate surface area is 179 Å². The van der Waals surface area contributed by atoms with Crippen molar-refractivity contribution in [2.75, 3.05) is 26.2 Å². The molecular weight excluding hydrogens is 403 g/mol. The highest BCUT2D eigenvalue weighted by molar-refractivity contribution is 5.84. The van der Waals surface area contributed by atoms with Crippen LogP contribution >= 0.6 is 0 Å². The molecule has 0 spiro atoms. The molecule has 166 valence electrons. The molecule has 1 aromatic carbocycles. The third-order valence-corrected chi connectivity index (χ3v) is 6.50. The van der Waals surface area contributed by atoms with Crippen LogP contribution in [0.3, 0.4) is 0 Å². The number of nitrogens with zero attached hydrogens (tertiary/aromatic N) is 3. The molecule has 2 saturated heterocycles. The lowest BCUT2D eigenvalue weighted by atomic mass is 9.91. The molecule has 3 heterocycles. The summed E-state index contributed by atoms with van der Waals surface area (Å²) < 4.78 is 18.6. The van der Waals surface area contributed by atoms with Crippen LogP contribution < -0.4 is 5.73 Å². The van der Waals surface area contributed by atoms with E-state index in [4.69, 9.17) is 10.3 Å². The van der Waals surface area contributed by atoms with Crippen molar-refractivity contribution in [1.82, 2.24) is 15.0 Å². The molecule has 0 saturated carbocycles. The van der Waals surface area contributed by atoms with E-state index in [1.54, 1.807) is 15.9 Å². The molecule has 2 aromatic rings. The van der Waals surface area contributed by atoms with Gasteiger partial charge in [-0.05, 0) is 37.8 Å². The van der Waals surface area contributed by atoms with Crippen molar-refractivity contribution < 1.29 is 23.3 Å². The Kier molecular flexibility index (Phi) is 6.20. The molecule has 0 bridgehead atoms. The van der Waals surface area contributed by atoms with E-state index in [1.807, 2.05) is 0 Å². The van der Waals surface area contributed by atoms with Crippen molar-refractivity contribution in [3.05, 3.63) is 29.7 Å². The van der Waals surface area contributed by atoms with Crippen molar-refractivity contribution in [1.29, 1.82) is 0 Å². The number of piperidine rings is 2. The quantitative estimate of drug-likeness (QED) is 0.782. The average molecular weight is 430 g/mol. The molecule has 2 aliphatic rings. The predicted molar refractivity (Wildman–Crippen MR) is 110 cm³/mol. The van der Waals surface area contributed by atoms with Gasteiger partial charge in [0.15, 0.2) is 5.58 Å². The summed E-state index contributed by atoms with van der Waals surface area (Å²) in [7, 11) is 0. The van der Waals surface area contributed by atoms with E-state index in [9.17, 15) is 18.8 Å². The molecule has 9 heteroatoms. The van der Waals surface area contributed by atoms with Gasteiger partial charge in [0.05, 0.1) is 5.69 Å². The number of carbonyl (C=O) groups is 3. The van der Waals surface area contributed by atoms with Crippen molar-refractivity contribution in [2.24, 2.45) is 11.7 Å². The number of primary amides is 1. The van der Waals surface area contributed by atoms with Crippen LogP contribution in [0.1, 0.15) is 50.1 Å². The van der Waals surface area contributed by atoms with E-state index in [-0.39, 0.29) is 48.2 Å². The Morgan fingerprint density at radius 2 is 1.58 bits per heavy atom. The van der Waals surface area contributed by atoms with Gasteiger partial charge >= 0.3 is 0 Å². The van der Waals surface area contributed by atoms with Crippen molar-refractivity contribution in [2.45, 2.75) is 44.4 Å². The fraction of sp³-hybridized carbons (Fsp3) is 0.545. The molecule has 1 aromatic heterocycles. The number of nitrogens with two attached hydrogens (primary N) is 1. The van der Waals surface area contributed by atoms with E-state index in [2.05, 4.69) is 5.16 Å². The molecule has 4 rings (SSSR count). The lowest BCUT2D eigenvalue weighted by Gasteiger charge is -2.32. The first-order chi connectivity index (χ1) is 14.9. The summed E-state index contributed by atoms with van der Waals surface area (Å²) in [5.41, 5.74) is 6.58. The van der Waals surface area contributed by atoms with E-state index < -0.39 is 0 Å². The highest BCUT2D eigenvalue weighted by atomic mass is 19.1. The molecule has 3 amide bonds. The molecule has 0 aliphatic carbocycles. The Balaban J connectivity index is 1.24. The normalized spacial score (nSPS) is 18.5. The molecule has 2 aliphatic heterocycles. The third-order valence-electron chi connectivity index (χ3n) is 6.50. The topological polar surface area (TPSA) is 110 Å². The number of hydrogen-bond acceptors (Lipinski definition) is 5. The Morgan fingerprint density at radius 3 is 2.16 bits per heavy atom. The van der Waals surface area contributed by atoms with Crippen LogP contribution in [0.15, 0.2) is 22.7 Å². The molecule has 0 radical (unpaired) electrons. The molecule has 0 unspecified atom stereocenters. The summed E-state index contributed by atoms with van der Waals surface area (Å²) in [6.07, 6.45) is 3.04. The van der Waals surface area contributed by atoms with E-state index in [1.165, 1.54) is 12.1 Å². The minimum absolute atomic E-state index is 0.0223. The minimum atomic E-state index is -0.359. The number of halogens is 1. The highest BCUT2D eigenvalue weighted by Gasteiger charge is 2.29. The Bertz CT molecular complexity index is 975. The summed E-state index contributed by atoms with van der Waals surface area (Å²) in [6.45, 7) is 2.22. The van der Waals surface area contributed by atoms with Crippen LogP contribution in [0.2, 0.25) is 0 Å². The van der Waals surface area contributed by atoms with Crippen LogP contribution in [0.25, 0.3) is 11.0 Å². The maximum absolute atomic E-state index is 13.3. The number of fused-ring (bicyclic) bond motifs is 1. The van der Waals surface area contributed by atoms with Gasteiger partial charge in [0.1, 0.15) is 5.82 Å². The van der Waals surface area contributed by atoms with Gasteiger partial charge in [-0.15, -0.1) is 0 Å². The monoisotopic (exact) mass is 430 g/mol. The first-order valence-electron chi connectivity index (χ1n) is 10.8. The van der Waals surface area contributed by atoms with Gasteiger partial charge in [-0.2, -0.15) is 0 Å². The Morgan fingerprint density at radius 1 is 1.00 bits per heavy atom. The second-order valence-corrected chi connectivity index (χ2v) is 8.42. The van der Waals surface area contributed by atoms with Crippen molar-refractivity contribution in [3.63, 3.8) is 0 Å². The largest absolute Gasteiger partial charge is 0.369 e. The fourth-order valence-corrected chi connectivity index (χ4v) is 4.57. The summed E-state index contributed by atoms with van der Waals surface area (Å²) in [4.78, 5) is 39.8. The number of hydrogen-bond donors (Lipinski definition) is 1. The summed E-state index contributed by atoms with van der Waals surface area (Å²) in [5.74, 6) is -0.742. The van der Waals surface area contributed by atoms with Crippen molar-refractivity contribution in [3.8, 4) is 0 Å². The Hall–Kier alpha value is -2.97. The van der Waals surface area contributed by atoms with Crippen LogP contribution in [-0.4, -0.2) is 58.9 Å². The maximum Gasteiger partial charge on any atom is 0.223 e. The number of aromatic nitrogens is 1. The van der Waals surface area contributed by atoms with Crippen LogP contribution in [-0.2, 0) is 14.4 Å². The standard InChI is InChI=1S/C22H27FN4O4/c23-16-1-2-17-18(13-16)31-25-21(17)14-5-9-26(10-6-14)19(28)3-4-20(29)27-11-7-15(8-12-27)22(24)30/h1-2,13-15H,3-12H2,(H2,24,30). The number of amides is 3. The zero-order chi connectivity index (χ0) is 22.0. The van der Waals surface area contributed by atoms with E-state index in [0.29, 0.717) is 44.6 Å². The first-order valence-corrected chi connectivity index (χ1v) is 10.8. The van der Waals surface area contributed by atoms with Gasteiger partial charge in [0.25, 0.3) is 0 Å². The summed E-state index contributed by atoms with van der Waals surface area (Å²) >= 11 is 0. The fourth-order valence-electron chi connectivity index (χ4n) is 4.57. The molecule has 8 nitrogen and oxygen atoms in total. The average Bonchev–Trinajstić information content (AvgIpc) is 3.20. The van der Waals surface area contributed by atoms with Gasteiger partial charge in [0.2, 0.25) is 17.7 Å².